The zero-order valence-electron chi connectivity index (χ0n) is 18.1. The van der Waals surface area contributed by atoms with Gasteiger partial charge in [-0.3, -0.25) is 14.2 Å². The minimum Gasteiger partial charge on any atom is -0.319 e. The lowest BCUT2D eigenvalue weighted by Gasteiger charge is -2.04. The lowest BCUT2D eigenvalue weighted by atomic mass is 10.2. The minimum atomic E-state index is -0.307. The van der Waals surface area contributed by atoms with Gasteiger partial charge in [-0.05, 0) is 37.6 Å². The number of nitrogens with zero attached hydrogens (tertiary/aromatic N) is 7. The first-order valence-electron chi connectivity index (χ1n) is 10.5. The highest BCUT2D eigenvalue weighted by Gasteiger charge is 2.18. The topological polar surface area (TPSA) is 94.9 Å². The Balaban J connectivity index is 1.38. The molecule has 0 unspecified atom stereocenters. The number of carbonyl (C=O) groups is 1. The zero-order valence-corrected chi connectivity index (χ0v) is 18.9. The molecule has 1 aromatic carbocycles. The van der Waals surface area contributed by atoms with Gasteiger partial charge in [-0.1, -0.05) is 23.7 Å². The van der Waals surface area contributed by atoms with Crippen LogP contribution in [0.15, 0.2) is 61.3 Å². The summed E-state index contributed by atoms with van der Waals surface area (Å²) < 4.78 is 5.28. The predicted octanol–water partition coefficient (Wildman–Crippen LogP) is 4.07. The van der Waals surface area contributed by atoms with Crippen molar-refractivity contribution >= 4 is 28.8 Å². The molecule has 0 atom stereocenters. The van der Waals surface area contributed by atoms with Crippen LogP contribution in [0.1, 0.15) is 28.5 Å². The van der Waals surface area contributed by atoms with E-state index in [1.807, 2.05) is 55.1 Å². The van der Waals surface area contributed by atoms with Crippen molar-refractivity contribution in [2.24, 2.45) is 0 Å². The molecule has 10 heteroatoms. The SMILES string of the molecule is CCn1cc(-c2ccnc3c(C(=O)Nc4cnn(Cc5cccc(Cl)c5)c4)cnn23)c(C)n1. The third-order valence-electron chi connectivity index (χ3n) is 5.32. The summed E-state index contributed by atoms with van der Waals surface area (Å²) in [6.07, 6.45) is 8.55. The van der Waals surface area contributed by atoms with Crippen LogP contribution < -0.4 is 5.32 Å². The van der Waals surface area contributed by atoms with Gasteiger partial charge in [0.25, 0.3) is 5.91 Å². The fourth-order valence-electron chi connectivity index (χ4n) is 3.72. The van der Waals surface area contributed by atoms with Crippen molar-refractivity contribution in [1.29, 1.82) is 0 Å². The largest absolute Gasteiger partial charge is 0.319 e. The fourth-order valence-corrected chi connectivity index (χ4v) is 3.94. The summed E-state index contributed by atoms with van der Waals surface area (Å²) in [5, 5.41) is 16.8. The van der Waals surface area contributed by atoms with E-state index >= 15 is 0 Å². The number of carbonyl (C=O) groups excluding carboxylic acids is 1. The van der Waals surface area contributed by atoms with Crippen molar-refractivity contribution in [3.8, 4) is 11.3 Å². The van der Waals surface area contributed by atoms with Gasteiger partial charge < -0.3 is 5.32 Å². The molecule has 9 nitrogen and oxygen atoms in total. The lowest BCUT2D eigenvalue weighted by molar-refractivity contribution is 0.102. The van der Waals surface area contributed by atoms with E-state index in [1.54, 1.807) is 27.8 Å². The van der Waals surface area contributed by atoms with Crippen molar-refractivity contribution in [3.63, 3.8) is 0 Å². The third-order valence-corrected chi connectivity index (χ3v) is 5.55. The van der Waals surface area contributed by atoms with Crippen LogP contribution >= 0.6 is 11.6 Å². The first kappa shape index (κ1) is 20.9. The smallest absolute Gasteiger partial charge is 0.261 e. The number of hydrogen-bond acceptors (Lipinski definition) is 5. The van der Waals surface area contributed by atoms with Crippen LogP contribution in [0.3, 0.4) is 0 Å². The quantitative estimate of drug-likeness (QED) is 0.412. The molecule has 0 saturated carbocycles. The fraction of sp³-hybridized carbons (Fsp3) is 0.174. The van der Waals surface area contributed by atoms with Gasteiger partial charge in [0, 0.05) is 35.7 Å². The molecule has 0 saturated heterocycles. The summed E-state index contributed by atoms with van der Waals surface area (Å²) in [6.45, 7) is 5.30. The van der Waals surface area contributed by atoms with Crippen molar-refractivity contribution in [1.82, 2.24) is 34.2 Å². The maximum absolute atomic E-state index is 13.0. The van der Waals surface area contributed by atoms with Crippen LogP contribution in [0.2, 0.25) is 5.02 Å². The molecule has 0 fully saturated rings. The number of nitrogens with one attached hydrogen (secondary N) is 1. The molecular weight excluding hydrogens is 440 g/mol. The highest BCUT2D eigenvalue weighted by Crippen LogP contribution is 2.24. The van der Waals surface area contributed by atoms with E-state index in [4.69, 9.17) is 11.6 Å². The summed E-state index contributed by atoms with van der Waals surface area (Å²) >= 11 is 6.05. The Labute approximate surface area is 194 Å². The molecule has 0 bridgehead atoms. The maximum atomic E-state index is 13.0. The second-order valence-corrected chi connectivity index (χ2v) is 8.05. The van der Waals surface area contributed by atoms with Gasteiger partial charge in [-0.15, -0.1) is 0 Å². The van der Waals surface area contributed by atoms with E-state index in [0.717, 1.165) is 29.1 Å². The van der Waals surface area contributed by atoms with Crippen LogP contribution in [-0.2, 0) is 13.1 Å². The van der Waals surface area contributed by atoms with Gasteiger partial charge in [-0.25, -0.2) is 9.50 Å². The number of benzene rings is 1. The van der Waals surface area contributed by atoms with Crippen molar-refractivity contribution < 1.29 is 4.79 Å². The minimum absolute atomic E-state index is 0.307. The molecule has 0 aliphatic carbocycles. The molecule has 1 N–H and O–H groups in total. The number of aryl methyl sites for hydroxylation is 2. The molecule has 1 amide bonds. The Bertz CT molecular complexity index is 1460. The summed E-state index contributed by atoms with van der Waals surface area (Å²) in [6, 6.07) is 9.44. The number of hydrogen-bond donors (Lipinski definition) is 1. The van der Waals surface area contributed by atoms with Gasteiger partial charge in [-0.2, -0.15) is 15.3 Å². The van der Waals surface area contributed by atoms with E-state index in [1.165, 1.54) is 6.20 Å². The number of halogens is 1. The second kappa shape index (κ2) is 8.51. The molecule has 0 spiro atoms. The highest BCUT2D eigenvalue weighted by atomic mass is 35.5. The average molecular weight is 461 g/mol. The number of fused-ring (bicyclic) bond motifs is 1. The standard InChI is InChI=1S/C23H21ClN8O/c1-3-30-14-20(15(2)29-30)21-7-8-25-22-19(11-27-32(21)22)23(33)28-18-10-26-31(13-18)12-16-5-4-6-17(24)9-16/h4-11,13-14H,3,12H2,1-2H3,(H,28,33). The zero-order chi connectivity index (χ0) is 22.9. The number of aromatic nitrogens is 7. The van der Waals surface area contributed by atoms with Gasteiger partial charge in [0.1, 0.15) is 5.56 Å². The second-order valence-electron chi connectivity index (χ2n) is 7.62. The van der Waals surface area contributed by atoms with Crippen LogP contribution in [0.25, 0.3) is 16.9 Å². The van der Waals surface area contributed by atoms with E-state index < -0.39 is 0 Å². The predicted molar refractivity (Wildman–Crippen MR) is 125 cm³/mol. The molecule has 0 aliphatic rings. The first-order valence-corrected chi connectivity index (χ1v) is 10.8. The van der Waals surface area contributed by atoms with Crippen molar-refractivity contribution in [2.75, 3.05) is 5.32 Å². The average Bonchev–Trinajstić information content (AvgIpc) is 3.52. The van der Waals surface area contributed by atoms with Crippen molar-refractivity contribution in [3.05, 3.63) is 83.2 Å². The molecule has 33 heavy (non-hydrogen) atoms. The van der Waals surface area contributed by atoms with E-state index in [2.05, 4.69) is 25.6 Å². The van der Waals surface area contributed by atoms with Gasteiger partial charge in [0.15, 0.2) is 5.65 Å². The number of amides is 1. The van der Waals surface area contributed by atoms with Crippen LogP contribution in [-0.4, -0.2) is 40.1 Å². The molecular formula is C23H21ClN8O. The number of rotatable bonds is 6. The molecule has 0 aliphatic heterocycles. The van der Waals surface area contributed by atoms with E-state index in [-0.39, 0.29) is 5.91 Å². The van der Waals surface area contributed by atoms with Crippen LogP contribution in [0.5, 0.6) is 0 Å². The summed E-state index contributed by atoms with van der Waals surface area (Å²) in [7, 11) is 0. The summed E-state index contributed by atoms with van der Waals surface area (Å²) in [5.41, 5.74) is 5.10. The molecule has 4 heterocycles. The Hall–Kier alpha value is -3.98. The molecule has 4 aromatic heterocycles. The third kappa shape index (κ3) is 4.10. The van der Waals surface area contributed by atoms with Gasteiger partial charge >= 0.3 is 0 Å². The van der Waals surface area contributed by atoms with Gasteiger partial charge in [0.2, 0.25) is 0 Å². The molecule has 166 valence electrons. The van der Waals surface area contributed by atoms with E-state index in [0.29, 0.717) is 28.5 Å². The Morgan fingerprint density at radius 3 is 2.79 bits per heavy atom. The molecule has 0 radical (unpaired) electrons. The summed E-state index contributed by atoms with van der Waals surface area (Å²) in [4.78, 5) is 17.4. The summed E-state index contributed by atoms with van der Waals surface area (Å²) in [5.74, 6) is -0.307. The normalized spacial score (nSPS) is 11.2. The highest BCUT2D eigenvalue weighted by molar-refractivity contribution is 6.30. The van der Waals surface area contributed by atoms with E-state index in [9.17, 15) is 4.79 Å². The number of anilines is 1. The van der Waals surface area contributed by atoms with Crippen molar-refractivity contribution in [2.45, 2.75) is 26.9 Å². The Kier molecular flexibility index (Phi) is 5.39. The molecule has 5 rings (SSSR count). The maximum Gasteiger partial charge on any atom is 0.261 e. The van der Waals surface area contributed by atoms with Crippen LogP contribution in [0, 0.1) is 6.92 Å². The molecule has 5 aromatic rings. The Morgan fingerprint density at radius 2 is 2.00 bits per heavy atom. The lowest BCUT2D eigenvalue weighted by Crippen LogP contribution is -2.11. The first-order chi connectivity index (χ1) is 16.0. The Morgan fingerprint density at radius 1 is 1.12 bits per heavy atom. The van der Waals surface area contributed by atoms with Gasteiger partial charge in [0.05, 0.1) is 36.0 Å². The van der Waals surface area contributed by atoms with Crippen LogP contribution in [0.4, 0.5) is 5.69 Å². The monoisotopic (exact) mass is 460 g/mol.